The number of fused-ring (bicyclic) bond motifs is 2. The molecular formula is C18H25N4+. The van der Waals surface area contributed by atoms with E-state index in [-0.39, 0.29) is 0 Å². The Kier molecular flexibility index (Phi) is 3.85. The van der Waals surface area contributed by atoms with Crippen LogP contribution in [-0.4, -0.2) is 14.5 Å². The first-order chi connectivity index (χ1) is 10.5. The molecular weight excluding hydrogens is 272 g/mol. The number of rotatable bonds is 4. The van der Waals surface area contributed by atoms with E-state index < -0.39 is 0 Å². The van der Waals surface area contributed by atoms with E-state index in [2.05, 4.69) is 43.8 Å². The lowest BCUT2D eigenvalue weighted by Gasteiger charge is -2.06. The molecule has 0 atom stereocenters. The van der Waals surface area contributed by atoms with E-state index in [9.17, 15) is 0 Å². The van der Waals surface area contributed by atoms with Gasteiger partial charge >= 0.3 is 5.65 Å². The average molecular weight is 297 g/mol. The minimum absolute atomic E-state index is 0.579. The molecule has 0 N–H and O–H groups in total. The molecule has 3 rings (SSSR count). The van der Waals surface area contributed by atoms with Crippen molar-refractivity contribution in [3.05, 3.63) is 30.1 Å². The summed E-state index contributed by atoms with van der Waals surface area (Å²) < 4.78 is 4.64. The van der Waals surface area contributed by atoms with Crippen LogP contribution in [-0.2, 0) is 13.1 Å². The standard InChI is InChI=1S/C18H25N4/c1-12(2)10-21-14(5)22(11-13(3)4)18-17(21)19-15-8-6-7-9-16(15)20-18/h6-9,12-13H,10-11H2,1-5H3/q+1. The number of hydrogen-bond donors (Lipinski definition) is 0. The van der Waals surface area contributed by atoms with Crippen molar-refractivity contribution in [2.45, 2.75) is 47.7 Å². The van der Waals surface area contributed by atoms with Gasteiger partial charge in [0.1, 0.15) is 5.52 Å². The maximum atomic E-state index is 4.90. The molecule has 1 aromatic carbocycles. The molecule has 0 spiro atoms. The van der Waals surface area contributed by atoms with Crippen LogP contribution in [0.2, 0.25) is 0 Å². The van der Waals surface area contributed by atoms with Crippen LogP contribution in [0.15, 0.2) is 24.3 Å². The molecule has 0 unspecified atom stereocenters. The summed E-state index contributed by atoms with van der Waals surface area (Å²) in [5.74, 6) is 2.40. The highest BCUT2D eigenvalue weighted by Gasteiger charge is 2.25. The van der Waals surface area contributed by atoms with Crippen LogP contribution in [0.25, 0.3) is 22.3 Å². The molecule has 0 radical (unpaired) electrons. The summed E-state index contributed by atoms with van der Waals surface area (Å²) in [6.07, 6.45) is 0. The first-order valence-electron chi connectivity index (χ1n) is 8.12. The van der Waals surface area contributed by atoms with E-state index in [0.29, 0.717) is 11.8 Å². The molecule has 0 saturated carbocycles. The second-order valence-corrected chi connectivity index (χ2v) is 6.92. The van der Waals surface area contributed by atoms with Gasteiger partial charge in [0.15, 0.2) is 5.52 Å². The van der Waals surface area contributed by atoms with Gasteiger partial charge in [-0.05, 0) is 24.0 Å². The highest BCUT2D eigenvalue weighted by Crippen LogP contribution is 2.18. The molecule has 0 saturated heterocycles. The Morgan fingerprint density at radius 2 is 1.64 bits per heavy atom. The smallest absolute Gasteiger partial charge is 0.241 e. The molecule has 4 nitrogen and oxygen atoms in total. The van der Waals surface area contributed by atoms with Gasteiger partial charge in [-0.2, -0.15) is 0 Å². The van der Waals surface area contributed by atoms with Crippen molar-refractivity contribution in [1.29, 1.82) is 0 Å². The molecule has 0 aliphatic rings. The molecule has 2 heterocycles. The van der Waals surface area contributed by atoms with E-state index >= 15 is 0 Å². The molecule has 116 valence electrons. The third-order valence-corrected chi connectivity index (χ3v) is 3.92. The fourth-order valence-corrected chi connectivity index (χ4v) is 2.96. The van der Waals surface area contributed by atoms with E-state index in [1.165, 1.54) is 5.82 Å². The molecule has 22 heavy (non-hydrogen) atoms. The zero-order valence-corrected chi connectivity index (χ0v) is 14.2. The van der Waals surface area contributed by atoms with Crippen molar-refractivity contribution in [2.75, 3.05) is 0 Å². The predicted molar refractivity (Wildman–Crippen MR) is 89.6 cm³/mol. The molecule has 0 bridgehead atoms. The molecule has 2 aromatic heterocycles. The van der Waals surface area contributed by atoms with Crippen molar-refractivity contribution in [3.63, 3.8) is 0 Å². The summed E-state index contributed by atoms with van der Waals surface area (Å²) in [5, 5.41) is 0. The largest absolute Gasteiger partial charge is 0.322 e. The van der Waals surface area contributed by atoms with Gasteiger partial charge in [0.2, 0.25) is 5.82 Å². The molecule has 4 heteroatoms. The zero-order valence-electron chi connectivity index (χ0n) is 14.2. The Morgan fingerprint density at radius 1 is 1.00 bits per heavy atom. The summed E-state index contributed by atoms with van der Waals surface area (Å²) in [6, 6.07) is 8.12. The maximum absolute atomic E-state index is 4.90. The van der Waals surface area contributed by atoms with Crippen LogP contribution in [0.1, 0.15) is 33.5 Å². The van der Waals surface area contributed by atoms with Crippen LogP contribution < -0.4 is 4.57 Å². The quantitative estimate of drug-likeness (QED) is 0.691. The van der Waals surface area contributed by atoms with Gasteiger partial charge in [-0.3, -0.25) is 0 Å². The van der Waals surface area contributed by atoms with Gasteiger partial charge in [-0.1, -0.05) is 44.8 Å². The number of para-hydroxylation sites is 2. The van der Waals surface area contributed by atoms with Crippen LogP contribution >= 0.6 is 0 Å². The molecule has 0 fully saturated rings. The maximum Gasteiger partial charge on any atom is 0.322 e. The lowest BCUT2D eigenvalue weighted by Crippen LogP contribution is -2.39. The number of aromatic nitrogens is 4. The molecule has 0 aliphatic carbocycles. The van der Waals surface area contributed by atoms with Gasteiger partial charge in [-0.15, -0.1) is 0 Å². The molecule has 3 aromatic rings. The normalized spacial score (nSPS) is 12.1. The molecule has 0 amide bonds. The third kappa shape index (κ3) is 2.58. The predicted octanol–water partition coefficient (Wildman–Crippen LogP) is 3.49. The van der Waals surface area contributed by atoms with Crippen molar-refractivity contribution in [3.8, 4) is 0 Å². The van der Waals surface area contributed by atoms with Gasteiger partial charge in [-0.25, -0.2) is 14.1 Å². The topological polar surface area (TPSA) is 34.6 Å². The van der Waals surface area contributed by atoms with Crippen molar-refractivity contribution >= 4 is 22.3 Å². The van der Waals surface area contributed by atoms with Crippen LogP contribution in [0.4, 0.5) is 0 Å². The van der Waals surface area contributed by atoms with Crippen LogP contribution in [0.5, 0.6) is 0 Å². The summed E-state index contributed by atoms with van der Waals surface area (Å²) in [5.41, 5.74) is 3.94. The summed E-state index contributed by atoms with van der Waals surface area (Å²) in [7, 11) is 0. The number of imidazole rings is 1. The number of nitrogens with zero attached hydrogens (tertiary/aromatic N) is 4. The molecule has 0 aliphatic heterocycles. The summed E-state index contributed by atoms with van der Waals surface area (Å²) >= 11 is 0. The highest BCUT2D eigenvalue weighted by molar-refractivity contribution is 5.81. The lowest BCUT2D eigenvalue weighted by atomic mass is 10.2. The Balaban J connectivity index is 2.32. The third-order valence-electron chi connectivity index (χ3n) is 3.92. The van der Waals surface area contributed by atoms with Gasteiger partial charge in [0, 0.05) is 6.92 Å². The fourth-order valence-electron chi connectivity index (χ4n) is 2.96. The minimum Gasteiger partial charge on any atom is -0.241 e. The first kappa shape index (κ1) is 14.9. The highest BCUT2D eigenvalue weighted by atomic mass is 15.2. The number of benzene rings is 1. The van der Waals surface area contributed by atoms with Crippen molar-refractivity contribution < 1.29 is 4.57 Å². The van der Waals surface area contributed by atoms with Gasteiger partial charge in [0.25, 0.3) is 5.65 Å². The van der Waals surface area contributed by atoms with Gasteiger partial charge in [0.05, 0.1) is 13.1 Å². The van der Waals surface area contributed by atoms with Gasteiger partial charge < -0.3 is 0 Å². The van der Waals surface area contributed by atoms with Crippen LogP contribution in [0.3, 0.4) is 0 Å². The summed E-state index contributed by atoms with van der Waals surface area (Å²) in [4.78, 5) is 9.80. The van der Waals surface area contributed by atoms with E-state index in [1.807, 2.05) is 24.3 Å². The van der Waals surface area contributed by atoms with Crippen LogP contribution in [0, 0.1) is 18.8 Å². The van der Waals surface area contributed by atoms with Crippen molar-refractivity contribution in [1.82, 2.24) is 14.5 Å². The Bertz CT molecular complexity index is 748. The van der Waals surface area contributed by atoms with E-state index in [0.717, 1.165) is 35.4 Å². The SMILES string of the molecule is Cc1n(CC(C)C)c2nc3ccccc3nc2[n+]1CC(C)C. The minimum atomic E-state index is 0.579. The Labute approximate surface area is 131 Å². The second kappa shape index (κ2) is 5.67. The zero-order chi connectivity index (χ0) is 15.9. The van der Waals surface area contributed by atoms with E-state index in [1.54, 1.807) is 0 Å². The van der Waals surface area contributed by atoms with E-state index in [4.69, 9.17) is 9.97 Å². The lowest BCUT2D eigenvalue weighted by molar-refractivity contribution is -0.685. The summed E-state index contributed by atoms with van der Waals surface area (Å²) in [6.45, 7) is 13.1. The average Bonchev–Trinajstić information content (AvgIpc) is 2.69. The van der Waals surface area contributed by atoms with Crippen molar-refractivity contribution in [2.24, 2.45) is 11.8 Å². The Morgan fingerprint density at radius 3 is 2.23 bits per heavy atom. The first-order valence-corrected chi connectivity index (χ1v) is 8.12. The Hall–Kier alpha value is -1.97. The fraction of sp³-hybridized carbons (Fsp3) is 0.500. The number of hydrogen-bond acceptors (Lipinski definition) is 2. The monoisotopic (exact) mass is 297 g/mol. The second-order valence-electron chi connectivity index (χ2n) is 6.92.